The summed E-state index contributed by atoms with van der Waals surface area (Å²) in [5.74, 6) is 3.26. The van der Waals surface area contributed by atoms with E-state index in [0.29, 0.717) is 17.4 Å². The van der Waals surface area contributed by atoms with E-state index in [0.717, 1.165) is 24.2 Å². The van der Waals surface area contributed by atoms with Crippen LogP contribution in [0.3, 0.4) is 0 Å². The Balaban J connectivity index is 1.67. The van der Waals surface area contributed by atoms with Crippen molar-refractivity contribution in [3.05, 3.63) is 23.8 Å². The van der Waals surface area contributed by atoms with Gasteiger partial charge in [-0.2, -0.15) is 0 Å². The van der Waals surface area contributed by atoms with Gasteiger partial charge < -0.3 is 5.73 Å². The lowest BCUT2D eigenvalue weighted by molar-refractivity contribution is -0.111. The van der Waals surface area contributed by atoms with E-state index in [1.807, 2.05) is 12.2 Å². The first-order chi connectivity index (χ1) is 10.9. The minimum atomic E-state index is 0.130. The molecule has 4 aliphatic rings. The maximum atomic E-state index is 11.8. The molecule has 2 nitrogen and oxygen atoms in total. The standard InChI is InChI=1S/C21H31NO/c1-13(22)17-6-7-18-16-5-4-14-12-15(23)8-10-20(14,2)19(16)9-11-21(17,18)3/h8,10,12-13,16-19H,4-7,9,11,22H2,1-3H3/t13-,16-,17+,18-,19+,20-,21+/m0/s1. The molecule has 0 amide bonds. The van der Waals surface area contributed by atoms with E-state index < -0.39 is 0 Å². The van der Waals surface area contributed by atoms with Gasteiger partial charge in [-0.3, -0.25) is 4.79 Å². The highest BCUT2D eigenvalue weighted by Crippen LogP contribution is 2.66. The zero-order valence-electron chi connectivity index (χ0n) is 14.8. The molecule has 3 saturated carbocycles. The van der Waals surface area contributed by atoms with Crippen molar-refractivity contribution >= 4 is 5.78 Å². The summed E-state index contributed by atoms with van der Waals surface area (Å²) in [5.41, 5.74) is 8.32. The summed E-state index contributed by atoms with van der Waals surface area (Å²) in [7, 11) is 0. The molecule has 0 heterocycles. The molecule has 0 saturated heterocycles. The van der Waals surface area contributed by atoms with Crippen LogP contribution in [0.25, 0.3) is 0 Å². The number of allylic oxidation sites excluding steroid dienone is 4. The van der Waals surface area contributed by atoms with Gasteiger partial charge in [0.05, 0.1) is 0 Å². The Morgan fingerprint density at radius 1 is 1.17 bits per heavy atom. The second-order valence-corrected chi connectivity index (χ2v) is 9.19. The van der Waals surface area contributed by atoms with Crippen LogP contribution in [0.15, 0.2) is 23.8 Å². The highest BCUT2D eigenvalue weighted by atomic mass is 16.1. The van der Waals surface area contributed by atoms with E-state index in [2.05, 4.69) is 26.8 Å². The Morgan fingerprint density at radius 3 is 2.70 bits per heavy atom. The fourth-order valence-corrected chi connectivity index (χ4v) is 7.10. The number of hydrogen-bond donors (Lipinski definition) is 1. The van der Waals surface area contributed by atoms with Gasteiger partial charge in [-0.1, -0.05) is 25.5 Å². The third-order valence-corrected chi connectivity index (χ3v) is 8.26. The molecule has 0 aromatic heterocycles. The molecule has 0 bridgehead atoms. The van der Waals surface area contributed by atoms with E-state index in [-0.39, 0.29) is 11.2 Å². The lowest BCUT2D eigenvalue weighted by Crippen LogP contribution is -2.51. The second-order valence-electron chi connectivity index (χ2n) is 9.19. The molecule has 126 valence electrons. The van der Waals surface area contributed by atoms with Crippen molar-refractivity contribution in [1.82, 2.24) is 0 Å². The van der Waals surface area contributed by atoms with Crippen LogP contribution in [0.5, 0.6) is 0 Å². The van der Waals surface area contributed by atoms with Gasteiger partial charge in [0.25, 0.3) is 0 Å². The van der Waals surface area contributed by atoms with Crippen LogP contribution in [0.1, 0.15) is 59.3 Å². The molecule has 23 heavy (non-hydrogen) atoms. The van der Waals surface area contributed by atoms with Crippen molar-refractivity contribution in [2.24, 2.45) is 40.2 Å². The summed E-state index contributed by atoms with van der Waals surface area (Å²) >= 11 is 0. The predicted octanol–water partition coefficient (Wildman–Crippen LogP) is 4.26. The van der Waals surface area contributed by atoms with Crippen molar-refractivity contribution < 1.29 is 4.79 Å². The molecule has 0 spiro atoms. The number of fused-ring (bicyclic) bond motifs is 5. The van der Waals surface area contributed by atoms with Crippen LogP contribution >= 0.6 is 0 Å². The Bertz CT molecular complexity index is 589. The quantitative estimate of drug-likeness (QED) is 0.786. The second kappa shape index (κ2) is 5.05. The molecule has 0 aliphatic heterocycles. The number of nitrogens with two attached hydrogens (primary N) is 1. The molecule has 0 aromatic carbocycles. The van der Waals surface area contributed by atoms with E-state index in [4.69, 9.17) is 5.73 Å². The molecule has 4 rings (SSSR count). The summed E-state index contributed by atoms with van der Waals surface area (Å²) in [6, 6.07) is 0.323. The van der Waals surface area contributed by atoms with E-state index in [1.165, 1.54) is 37.7 Å². The highest BCUT2D eigenvalue weighted by Gasteiger charge is 2.58. The number of carbonyl (C=O) groups excluding carboxylic acids is 1. The van der Waals surface area contributed by atoms with Crippen LogP contribution in [0.4, 0.5) is 0 Å². The van der Waals surface area contributed by atoms with Gasteiger partial charge in [-0.15, -0.1) is 0 Å². The molecule has 7 atom stereocenters. The van der Waals surface area contributed by atoms with Crippen LogP contribution in [0, 0.1) is 34.5 Å². The average molecular weight is 313 g/mol. The molecule has 2 N–H and O–H groups in total. The summed E-state index contributed by atoms with van der Waals surface area (Å²) in [6.07, 6.45) is 13.7. The highest BCUT2D eigenvalue weighted by molar-refractivity contribution is 6.01. The van der Waals surface area contributed by atoms with Crippen molar-refractivity contribution in [2.75, 3.05) is 0 Å². The average Bonchev–Trinajstić information content (AvgIpc) is 2.85. The Labute approximate surface area is 140 Å². The topological polar surface area (TPSA) is 43.1 Å². The Kier molecular flexibility index (Phi) is 3.43. The molecule has 4 aliphatic carbocycles. The number of ketones is 1. The fraction of sp³-hybridized carbons (Fsp3) is 0.762. The first-order valence-electron chi connectivity index (χ1n) is 9.56. The summed E-state index contributed by atoms with van der Waals surface area (Å²) < 4.78 is 0. The maximum Gasteiger partial charge on any atom is 0.178 e. The summed E-state index contributed by atoms with van der Waals surface area (Å²) in [6.45, 7) is 7.13. The third-order valence-electron chi connectivity index (χ3n) is 8.26. The molecule has 0 unspecified atom stereocenters. The Hall–Kier alpha value is -0.890. The molecule has 0 radical (unpaired) electrons. The monoisotopic (exact) mass is 313 g/mol. The van der Waals surface area contributed by atoms with Gasteiger partial charge >= 0.3 is 0 Å². The first kappa shape index (κ1) is 15.6. The van der Waals surface area contributed by atoms with Gasteiger partial charge in [0.2, 0.25) is 0 Å². The summed E-state index contributed by atoms with van der Waals surface area (Å²) in [5, 5.41) is 0. The number of carbonyl (C=O) groups is 1. The minimum absolute atomic E-state index is 0.130. The fourth-order valence-electron chi connectivity index (χ4n) is 7.10. The number of rotatable bonds is 1. The van der Waals surface area contributed by atoms with Gasteiger partial charge in [-0.25, -0.2) is 0 Å². The molecule has 3 fully saturated rings. The van der Waals surface area contributed by atoms with Gasteiger partial charge in [-0.05, 0) is 86.7 Å². The van der Waals surface area contributed by atoms with Crippen molar-refractivity contribution in [3.63, 3.8) is 0 Å². The zero-order chi connectivity index (χ0) is 16.4. The van der Waals surface area contributed by atoms with E-state index >= 15 is 0 Å². The van der Waals surface area contributed by atoms with Gasteiger partial charge in [0.1, 0.15) is 0 Å². The minimum Gasteiger partial charge on any atom is -0.328 e. The molecule has 2 heteroatoms. The van der Waals surface area contributed by atoms with E-state index in [1.54, 1.807) is 0 Å². The largest absolute Gasteiger partial charge is 0.328 e. The number of hydrogen-bond acceptors (Lipinski definition) is 2. The van der Waals surface area contributed by atoms with Gasteiger partial charge in [0, 0.05) is 11.5 Å². The SMILES string of the molecule is C[C@H](N)[C@H]1CC[C@H]2[C@@H]3CCC4=CC(=O)C=C[C@]4(C)[C@@H]3CC[C@]12C. The van der Waals surface area contributed by atoms with Gasteiger partial charge in [0.15, 0.2) is 5.78 Å². The molecule has 0 aromatic rings. The maximum absolute atomic E-state index is 11.8. The third kappa shape index (κ3) is 2.06. The van der Waals surface area contributed by atoms with E-state index in [9.17, 15) is 4.79 Å². The first-order valence-corrected chi connectivity index (χ1v) is 9.56. The summed E-state index contributed by atoms with van der Waals surface area (Å²) in [4.78, 5) is 11.8. The molecular formula is C21H31NO. The smallest absolute Gasteiger partial charge is 0.178 e. The lowest BCUT2D eigenvalue weighted by atomic mass is 9.47. The Morgan fingerprint density at radius 2 is 1.96 bits per heavy atom. The van der Waals surface area contributed by atoms with Crippen LogP contribution in [-0.4, -0.2) is 11.8 Å². The van der Waals surface area contributed by atoms with Crippen LogP contribution in [0.2, 0.25) is 0 Å². The van der Waals surface area contributed by atoms with Crippen molar-refractivity contribution in [3.8, 4) is 0 Å². The van der Waals surface area contributed by atoms with Crippen LogP contribution < -0.4 is 5.73 Å². The van der Waals surface area contributed by atoms with Crippen LogP contribution in [-0.2, 0) is 4.79 Å². The lowest BCUT2D eigenvalue weighted by Gasteiger charge is -2.57. The predicted molar refractivity (Wildman–Crippen MR) is 93.8 cm³/mol. The zero-order valence-corrected chi connectivity index (χ0v) is 14.8. The normalized spacial score (nSPS) is 49.9. The van der Waals surface area contributed by atoms with Crippen molar-refractivity contribution in [1.29, 1.82) is 0 Å². The van der Waals surface area contributed by atoms with Crippen molar-refractivity contribution in [2.45, 2.75) is 65.3 Å². The molecular weight excluding hydrogens is 282 g/mol.